The Balaban J connectivity index is 1.23. The van der Waals surface area contributed by atoms with Gasteiger partial charge in [-0.1, -0.05) is 19.8 Å². The molecule has 0 spiro atoms. The molecule has 5 rings (SSSR count). The lowest BCUT2D eigenvalue weighted by molar-refractivity contribution is -0.00287. The van der Waals surface area contributed by atoms with Crippen LogP contribution in [0.5, 0.6) is 0 Å². The first kappa shape index (κ1) is 16.7. The van der Waals surface area contributed by atoms with Crippen molar-refractivity contribution < 1.29 is 9.53 Å². The second-order valence-corrected chi connectivity index (χ2v) is 8.99. The first-order chi connectivity index (χ1) is 11.7. The number of nitrogens with one attached hydrogen (secondary N) is 1. The van der Waals surface area contributed by atoms with E-state index in [1.165, 1.54) is 57.8 Å². The van der Waals surface area contributed by atoms with Crippen LogP contribution < -0.4 is 5.32 Å². The van der Waals surface area contributed by atoms with E-state index in [1.807, 2.05) is 0 Å². The van der Waals surface area contributed by atoms with E-state index in [0.717, 1.165) is 24.3 Å². The minimum absolute atomic E-state index is 0.161. The summed E-state index contributed by atoms with van der Waals surface area (Å²) in [6, 6.07) is 0.661. The van der Waals surface area contributed by atoms with Crippen LogP contribution in [-0.2, 0) is 4.74 Å². The fourth-order valence-electron chi connectivity index (χ4n) is 6.03. The molecule has 5 aliphatic rings. The molecule has 0 aromatic rings. The van der Waals surface area contributed by atoms with Gasteiger partial charge in [0.25, 0.3) is 0 Å². The summed E-state index contributed by atoms with van der Waals surface area (Å²) in [6.45, 7) is 4.60. The molecule has 2 unspecified atom stereocenters. The van der Waals surface area contributed by atoms with Gasteiger partial charge in [0.15, 0.2) is 0 Å². The summed E-state index contributed by atoms with van der Waals surface area (Å²) in [5, 5.41) is 3.14. The van der Waals surface area contributed by atoms with E-state index < -0.39 is 0 Å². The minimum Gasteiger partial charge on any atom is -0.376 e. The van der Waals surface area contributed by atoms with Gasteiger partial charge < -0.3 is 15.0 Å². The molecule has 2 heterocycles. The van der Waals surface area contributed by atoms with Crippen molar-refractivity contribution in [3.05, 3.63) is 0 Å². The predicted molar refractivity (Wildman–Crippen MR) is 94.8 cm³/mol. The van der Waals surface area contributed by atoms with Gasteiger partial charge in [0.1, 0.15) is 0 Å². The lowest BCUT2D eigenvalue weighted by Crippen LogP contribution is -2.48. The van der Waals surface area contributed by atoms with Crippen LogP contribution in [0.25, 0.3) is 0 Å². The smallest absolute Gasteiger partial charge is 0.317 e. The SMILES string of the molecule is C[C@H]1CCCC[C@@H]1OCCNC(=O)N1CC2C[C@@H]3CC1C[C@H](C2)C3. The van der Waals surface area contributed by atoms with E-state index in [0.29, 0.717) is 31.2 Å². The van der Waals surface area contributed by atoms with Crippen LogP contribution in [-0.4, -0.2) is 42.8 Å². The molecule has 2 saturated heterocycles. The standard InChI is InChI=1S/C20H34N2O2/c1-14-4-2-3-5-19(14)24-7-6-21-20(23)22-13-17-9-15-8-16(10-17)12-18(22)11-15/h14-19H,2-13H2,1H3,(H,21,23)/t14-,15-,16+,17?,18?,19-/m0/s1. The fraction of sp³-hybridized carbons (Fsp3) is 0.950. The number of hydrogen-bond acceptors (Lipinski definition) is 2. The Kier molecular flexibility index (Phi) is 5.03. The Bertz CT molecular complexity index is 441. The molecule has 0 aromatic heterocycles. The zero-order valence-corrected chi connectivity index (χ0v) is 15.2. The lowest BCUT2D eigenvalue weighted by Gasteiger charge is -2.38. The number of rotatable bonds is 4. The molecule has 4 heteroatoms. The molecule has 1 N–H and O–H groups in total. The second kappa shape index (κ2) is 7.23. The molecule has 4 nitrogen and oxygen atoms in total. The summed E-state index contributed by atoms with van der Waals surface area (Å²) in [5.74, 6) is 3.21. The fourth-order valence-corrected chi connectivity index (χ4v) is 6.03. The zero-order valence-electron chi connectivity index (χ0n) is 15.2. The van der Waals surface area contributed by atoms with Crippen LogP contribution in [0.4, 0.5) is 4.79 Å². The van der Waals surface area contributed by atoms with Crippen molar-refractivity contribution in [3.63, 3.8) is 0 Å². The Labute approximate surface area is 146 Å². The van der Waals surface area contributed by atoms with Crippen LogP contribution in [0, 0.1) is 23.7 Å². The number of carbonyl (C=O) groups is 1. The number of hydrogen-bond donors (Lipinski definition) is 1. The maximum Gasteiger partial charge on any atom is 0.317 e. The highest BCUT2D eigenvalue weighted by atomic mass is 16.5. The summed E-state index contributed by atoms with van der Waals surface area (Å²) in [6.07, 6.45) is 12.2. The molecule has 136 valence electrons. The number of fused-ring (bicyclic) bond motifs is 1. The zero-order chi connectivity index (χ0) is 16.5. The summed E-state index contributed by atoms with van der Waals surface area (Å²) < 4.78 is 6.04. The largest absolute Gasteiger partial charge is 0.376 e. The van der Waals surface area contributed by atoms with Crippen LogP contribution in [0.1, 0.15) is 64.7 Å². The minimum atomic E-state index is 0.161. The molecule has 3 saturated carbocycles. The van der Waals surface area contributed by atoms with Crippen LogP contribution in [0.2, 0.25) is 0 Å². The van der Waals surface area contributed by atoms with Gasteiger partial charge in [-0.05, 0) is 68.6 Å². The van der Waals surface area contributed by atoms with Crippen LogP contribution in [0.3, 0.4) is 0 Å². The molecular formula is C20H34N2O2. The van der Waals surface area contributed by atoms with Gasteiger partial charge in [-0.15, -0.1) is 0 Å². The lowest BCUT2D eigenvalue weighted by atomic mass is 9.68. The monoisotopic (exact) mass is 334 g/mol. The third-order valence-electron chi connectivity index (χ3n) is 7.11. The number of amides is 2. The molecule has 24 heavy (non-hydrogen) atoms. The van der Waals surface area contributed by atoms with Crippen molar-refractivity contribution in [2.24, 2.45) is 23.7 Å². The number of nitrogens with zero attached hydrogens (tertiary/aromatic N) is 1. The molecule has 6 atom stereocenters. The first-order valence-electron chi connectivity index (χ1n) is 10.3. The average Bonchev–Trinajstić information content (AvgIpc) is 2.76. The normalized spacial score (nSPS) is 41.3. The quantitative estimate of drug-likeness (QED) is 0.795. The summed E-state index contributed by atoms with van der Waals surface area (Å²) in [5.41, 5.74) is 0. The molecule has 0 aromatic carbocycles. The number of carbonyl (C=O) groups excluding carboxylic acids is 1. The molecule has 4 bridgehead atoms. The van der Waals surface area contributed by atoms with Crippen LogP contribution >= 0.6 is 0 Å². The Morgan fingerprint density at radius 2 is 1.75 bits per heavy atom. The van der Waals surface area contributed by atoms with Crippen molar-refractivity contribution >= 4 is 6.03 Å². The maximum atomic E-state index is 12.7. The molecule has 5 fully saturated rings. The summed E-state index contributed by atoms with van der Waals surface area (Å²) >= 11 is 0. The van der Waals surface area contributed by atoms with E-state index in [9.17, 15) is 4.79 Å². The highest BCUT2D eigenvalue weighted by molar-refractivity contribution is 5.74. The van der Waals surface area contributed by atoms with Crippen molar-refractivity contribution in [2.75, 3.05) is 19.7 Å². The highest BCUT2D eigenvalue weighted by Gasteiger charge is 2.43. The van der Waals surface area contributed by atoms with Gasteiger partial charge in [0.05, 0.1) is 12.7 Å². The van der Waals surface area contributed by atoms with Gasteiger partial charge >= 0.3 is 6.03 Å². The maximum absolute atomic E-state index is 12.7. The number of urea groups is 1. The van der Waals surface area contributed by atoms with Gasteiger partial charge in [-0.25, -0.2) is 4.79 Å². The van der Waals surface area contributed by atoms with E-state index in [4.69, 9.17) is 4.74 Å². The highest BCUT2D eigenvalue weighted by Crippen LogP contribution is 2.47. The Hall–Kier alpha value is -0.770. The molecule has 2 amide bonds. The van der Waals surface area contributed by atoms with Gasteiger partial charge in [-0.3, -0.25) is 0 Å². The van der Waals surface area contributed by atoms with E-state index >= 15 is 0 Å². The van der Waals surface area contributed by atoms with E-state index in [2.05, 4.69) is 17.1 Å². The molecule has 3 aliphatic carbocycles. The van der Waals surface area contributed by atoms with Gasteiger partial charge in [0, 0.05) is 19.1 Å². The van der Waals surface area contributed by atoms with E-state index in [1.54, 1.807) is 0 Å². The third-order valence-corrected chi connectivity index (χ3v) is 7.11. The molecule has 2 aliphatic heterocycles. The van der Waals surface area contributed by atoms with Crippen molar-refractivity contribution in [1.29, 1.82) is 0 Å². The van der Waals surface area contributed by atoms with Gasteiger partial charge in [-0.2, -0.15) is 0 Å². The summed E-state index contributed by atoms with van der Waals surface area (Å²) in [4.78, 5) is 14.9. The number of ether oxygens (including phenoxy) is 1. The average molecular weight is 335 g/mol. The first-order valence-corrected chi connectivity index (χ1v) is 10.3. The molecule has 0 radical (unpaired) electrons. The van der Waals surface area contributed by atoms with Crippen molar-refractivity contribution in [1.82, 2.24) is 10.2 Å². The van der Waals surface area contributed by atoms with Crippen molar-refractivity contribution in [3.8, 4) is 0 Å². The van der Waals surface area contributed by atoms with Gasteiger partial charge in [0.2, 0.25) is 0 Å². The predicted octanol–water partition coefficient (Wildman–Crippen LogP) is 3.80. The Morgan fingerprint density at radius 3 is 2.50 bits per heavy atom. The Morgan fingerprint density at radius 1 is 1.04 bits per heavy atom. The second-order valence-electron chi connectivity index (χ2n) is 8.99. The van der Waals surface area contributed by atoms with Crippen molar-refractivity contribution in [2.45, 2.75) is 76.9 Å². The third kappa shape index (κ3) is 3.58. The summed E-state index contributed by atoms with van der Waals surface area (Å²) in [7, 11) is 0. The molecular weight excluding hydrogens is 300 g/mol. The topological polar surface area (TPSA) is 41.6 Å². The van der Waals surface area contributed by atoms with E-state index in [-0.39, 0.29) is 6.03 Å². The van der Waals surface area contributed by atoms with Crippen LogP contribution in [0.15, 0.2) is 0 Å².